The van der Waals surface area contributed by atoms with Gasteiger partial charge in [0.1, 0.15) is 0 Å². The van der Waals surface area contributed by atoms with E-state index in [1.807, 2.05) is 0 Å². The zero-order valence-electron chi connectivity index (χ0n) is 15.4. The number of likely N-dealkylation sites (tertiary alicyclic amines) is 1. The van der Waals surface area contributed by atoms with Gasteiger partial charge < -0.3 is 0 Å². The van der Waals surface area contributed by atoms with E-state index in [9.17, 15) is 0 Å². The molecule has 1 aliphatic carbocycles. The number of aryl methyl sites for hydroxylation is 1. The van der Waals surface area contributed by atoms with E-state index >= 15 is 0 Å². The first kappa shape index (κ1) is 16.8. The molecule has 132 valence electrons. The van der Waals surface area contributed by atoms with Gasteiger partial charge in [0.15, 0.2) is 0 Å². The van der Waals surface area contributed by atoms with E-state index in [1.54, 1.807) is 11.1 Å². The van der Waals surface area contributed by atoms with Crippen LogP contribution >= 0.6 is 0 Å². The summed E-state index contributed by atoms with van der Waals surface area (Å²) in [5.41, 5.74) is 4.60. The summed E-state index contributed by atoms with van der Waals surface area (Å²) in [5.74, 6) is 0. The fourth-order valence-electron chi connectivity index (χ4n) is 4.73. The van der Waals surface area contributed by atoms with Gasteiger partial charge in [-0.05, 0) is 68.9 Å². The van der Waals surface area contributed by atoms with Gasteiger partial charge in [0.25, 0.3) is 0 Å². The number of hydrogen-bond acceptors (Lipinski definition) is 2. The topological polar surface area (TPSA) is 6.48 Å². The fourth-order valence-corrected chi connectivity index (χ4v) is 4.73. The first-order chi connectivity index (χ1) is 12.3. The van der Waals surface area contributed by atoms with Crippen LogP contribution in [0.15, 0.2) is 54.6 Å². The summed E-state index contributed by atoms with van der Waals surface area (Å²) in [7, 11) is 2.37. The monoisotopic (exact) mass is 334 g/mol. The maximum atomic E-state index is 2.69. The number of benzene rings is 2. The van der Waals surface area contributed by atoms with Crippen molar-refractivity contribution in [2.75, 3.05) is 20.1 Å². The van der Waals surface area contributed by atoms with Gasteiger partial charge in [-0.2, -0.15) is 0 Å². The van der Waals surface area contributed by atoms with E-state index in [4.69, 9.17) is 0 Å². The fraction of sp³-hybridized carbons (Fsp3) is 0.478. The molecule has 0 unspecified atom stereocenters. The Morgan fingerprint density at radius 3 is 2.44 bits per heavy atom. The molecular formula is C23H30N2. The lowest BCUT2D eigenvalue weighted by molar-refractivity contribution is 0.0858. The van der Waals surface area contributed by atoms with Crippen molar-refractivity contribution in [1.29, 1.82) is 0 Å². The summed E-state index contributed by atoms with van der Waals surface area (Å²) in [6, 6.07) is 21.3. The van der Waals surface area contributed by atoms with Crippen molar-refractivity contribution in [3.63, 3.8) is 0 Å². The van der Waals surface area contributed by atoms with E-state index in [0.29, 0.717) is 6.04 Å². The van der Waals surface area contributed by atoms with Crippen molar-refractivity contribution in [2.45, 2.75) is 50.7 Å². The molecule has 0 N–H and O–H groups in total. The Kier molecular flexibility index (Phi) is 5.19. The molecular weight excluding hydrogens is 304 g/mol. The first-order valence-corrected chi connectivity index (χ1v) is 9.87. The molecule has 2 aromatic carbocycles. The minimum absolute atomic E-state index is 0.621. The van der Waals surface area contributed by atoms with E-state index in [-0.39, 0.29) is 0 Å². The highest BCUT2D eigenvalue weighted by Crippen LogP contribution is 2.36. The molecule has 2 aromatic rings. The number of rotatable bonds is 4. The van der Waals surface area contributed by atoms with Crippen LogP contribution in [0.3, 0.4) is 0 Å². The molecule has 0 spiro atoms. The normalized spacial score (nSPS) is 22.1. The van der Waals surface area contributed by atoms with Crippen molar-refractivity contribution in [3.8, 4) is 0 Å². The van der Waals surface area contributed by atoms with Crippen LogP contribution in [0.1, 0.15) is 48.4 Å². The minimum atomic E-state index is 0.621. The molecule has 1 heterocycles. The standard InChI is InChI=1S/C23H30N2/c1-24(23-13-7-11-20-10-5-6-12-22(20)23)21-14-16-25(17-15-21)18-19-8-3-2-4-9-19/h2-6,8-10,12,21,23H,7,11,13-18H2,1H3/t23-/m0/s1. The minimum Gasteiger partial charge on any atom is -0.299 e. The average molecular weight is 335 g/mol. The SMILES string of the molecule is CN(C1CCN(Cc2ccccc2)CC1)[C@H]1CCCc2ccccc21. The third-order valence-electron chi connectivity index (χ3n) is 6.21. The Hall–Kier alpha value is -1.64. The summed E-state index contributed by atoms with van der Waals surface area (Å²) in [6.45, 7) is 3.54. The predicted molar refractivity (Wildman–Crippen MR) is 105 cm³/mol. The van der Waals surface area contributed by atoms with Crippen molar-refractivity contribution < 1.29 is 0 Å². The van der Waals surface area contributed by atoms with E-state index in [0.717, 1.165) is 12.6 Å². The molecule has 2 aliphatic rings. The van der Waals surface area contributed by atoms with Gasteiger partial charge in [-0.1, -0.05) is 54.6 Å². The van der Waals surface area contributed by atoms with Gasteiger partial charge in [0.05, 0.1) is 0 Å². The van der Waals surface area contributed by atoms with Crippen LogP contribution in [0, 0.1) is 0 Å². The number of fused-ring (bicyclic) bond motifs is 1. The Bertz CT molecular complexity index is 674. The number of hydrogen-bond donors (Lipinski definition) is 0. The molecule has 4 rings (SSSR count). The average Bonchev–Trinajstić information content (AvgIpc) is 2.68. The second-order valence-corrected chi connectivity index (χ2v) is 7.77. The van der Waals surface area contributed by atoms with Gasteiger partial charge in [0, 0.05) is 18.6 Å². The highest BCUT2D eigenvalue weighted by molar-refractivity contribution is 5.32. The Morgan fingerprint density at radius 1 is 0.920 bits per heavy atom. The zero-order chi connectivity index (χ0) is 17.1. The molecule has 1 saturated heterocycles. The second kappa shape index (κ2) is 7.72. The smallest absolute Gasteiger partial charge is 0.0350 e. The molecule has 2 heteroatoms. The quantitative estimate of drug-likeness (QED) is 0.802. The van der Waals surface area contributed by atoms with Gasteiger partial charge >= 0.3 is 0 Å². The Labute approximate surface area is 152 Å². The molecule has 0 aromatic heterocycles. The van der Waals surface area contributed by atoms with Crippen LogP contribution in [0.4, 0.5) is 0 Å². The third kappa shape index (κ3) is 3.80. The van der Waals surface area contributed by atoms with Gasteiger partial charge in [-0.25, -0.2) is 0 Å². The molecule has 2 nitrogen and oxygen atoms in total. The highest BCUT2D eigenvalue weighted by atomic mass is 15.2. The summed E-state index contributed by atoms with van der Waals surface area (Å²) in [5, 5.41) is 0. The van der Waals surface area contributed by atoms with Crippen LogP contribution in [0.2, 0.25) is 0 Å². The number of nitrogens with zero attached hydrogens (tertiary/aromatic N) is 2. The number of piperidine rings is 1. The zero-order valence-corrected chi connectivity index (χ0v) is 15.4. The third-order valence-corrected chi connectivity index (χ3v) is 6.21. The lowest BCUT2D eigenvalue weighted by atomic mass is 9.85. The molecule has 0 saturated carbocycles. The van der Waals surface area contributed by atoms with Crippen LogP contribution in [0.5, 0.6) is 0 Å². The second-order valence-electron chi connectivity index (χ2n) is 7.77. The molecule has 0 radical (unpaired) electrons. The van der Waals surface area contributed by atoms with Crippen LogP contribution in [-0.4, -0.2) is 36.0 Å². The highest BCUT2D eigenvalue weighted by Gasteiger charge is 2.30. The van der Waals surface area contributed by atoms with Crippen molar-refractivity contribution >= 4 is 0 Å². The summed E-state index contributed by atoms with van der Waals surface area (Å²) >= 11 is 0. The Balaban J connectivity index is 1.36. The van der Waals surface area contributed by atoms with Crippen LogP contribution < -0.4 is 0 Å². The molecule has 1 fully saturated rings. The Morgan fingerprint density at radius 2 is 1.64 bits per heavy atom. The maximum absolute atomic E-state index is 2.69. The van der Waals surface area contributed by atoms with E-state index in [2.05, 4.69) is 71.4 Å². The van der Waals surface area contributed by atoms with Crippen LogP contribution in [0.25, 0.3) is 0 Å². The molecule has 0 bridgehead atoms. The van der Waals surface area contributed by atoms with Crippen molar-refractivity contribution in [2.24, 2.45) is 0 Å². The predicted octanol–water partition coefficient (Wildman–Crippen LogP) is 4.66. The summed E-state index contributed by atoms with van der Waals surface area (Å²) in [6.07, 6.45) is 6.50. The van der Waals surface area contributed by atoms with Crippen LogP contribution in [-0.2, 0) is 13.0 Å². The van der Waals surface area contributed by atoms with Gasteiger partial charge in [-0.3, -0.25) is 9.80 Å². The molecule has 0 amide bonds. The summed E-state index contributed by atoms with van der Waals surface area (Å²) < 4.78 is 0. The van der Waals surface area contributed by atoms with Gasteiger partial charge in [-0.15, -0.1) is 0 Å². The first-order valence-electron chi connectivity index (χ1n) is 9.87. The van der Waals surface area contributed by atoms with Gasteiger partial charge in [0.2, 0.25) is 0 Å². The lowest BCUT2D eigenvalue weighted by Crippen LogP contribution is -2.44. The van der Waals surface area contributed by atoms with E-state index in [1.165, 1.54) is 50.8 Å². The molecule has 1 aliphatic heterocycles. The van der Waals surface area contributed by atoms with Crippen molar-refractivity contribution in [3.05, 3.63) is 71.3 Å². The largest absolute Gasteiger partial charge is 0.299 e. The van der Waals surface area contributed by atoms with E-state index < -0.39 is 0 Å². The van der Waals surface area contributed by atoms with Crippen molar-refractivity contribution in [1.82, 2.24) is 9.80 Å². The summed E-state index contributed by atoms with van der Waals surface area (Å²) in [4.78, 5) is 5.31. The molecule has 25 heavy (non-hydrogen) atoms. The molecule has 1 atom stereocenters. The lowest BCUT2D eigenvalue weighted by Gasteiger charge is -2.42. The maximum Gasteiger partial charge on any atom is 0.0350 e.